The topological polar surface area (TPSA) is 60.2 Å². The highest BCUT2D eigenvalue weighted by atomic mass is 32.2. The third-order valence-corrected chi connectivity index (χ3v) is 4.27. The lowest BCUT2D eigenvalue weighted by Gasteiger charge is -2.21. The average molecular weight is 283 g/mol. The third-order valence-electron chi connectivity index (χ3n) is 3.18. The molecule has 1 rings (SSSR count). The normalized spacial score (nSPS) is 12.7. The monoisotopic (exact) mass is 283 g/mol. The number of hydrogen-bond acceptors (Lipinski definition) is 3. The summed E-state index contributed by atoms with van der Waals surface area (Å²) in [4.78, 5) is 0.419. The van der Waals surface area contributed by atoms with Crippen LogP contribution in [0, 0.1) is 0 Å². The fourth-order valence-electron chi connectivity index (χ4n) is 1.93. The number of rotatable bonds is 5. The van der Waals surface area contributed by atoms with E-state index in [0.717, 1.165) is 30.4 Å². The van der Waals surface area contributed by atoms with Crippen LogP contribution in [-0.2, 0) is 21.7 Å². The summed E-state index contributed by atoms with van der Waals surface area (Å²) >= 11 is 0. The van der Waals surface area contributed by atoms with Gasteiger partial charge >= 0.3 is 0 Å². The molecule has 0 aromatic heterocycles. The molecule has 4 heteroatoms. The summed E-state index contributed by atoms with van der Waals surface area (Å²) in [6.07, 6.45) is 4.10. The van der Waals surface area contributed by atoms with Gasteiger partial charge in [0.05, 0.1) is 4.90 Å². The first-order valence-corrected chi connectivity index (χ1v) is 8.58. The number of nitrogens with two attached hydrogens (primary N) is 1. The molecule has 19 heavy (non-hydrogen) atoms. The van der Waals surface area contributed by atoms with Gasteiger partial charge in [-0.15, -0.1) is 0 Å². The van der Waals surface area contributed by atoms with Crippen LogP contribution in [0.4, 0.5) is 0 Å². The van der Waals surface area contributed by atoms with Crippen molar-refractivity contribution in [3.8, 4) is 0 Å². The Hall–Kier alpha value is -0.870. The van der Waals surface area contributed by atoms with Gasteiger partial charge < -0.3 is 5.73 Å². The van der Waals surface area contributed by atoms with Gasteiger partial charge in [0.1, 0.15) is 0 Å². The van der Waals surface area contributed by atoms with E-state index in [9.17, 15) is 8.42 Å². The molecule has 0 radical (unpaired) electrons. The van der Waals surface area contributed by atoms with Crippen molar-refractivity contribution < 1.29 is 8.42 Å². The summed E-state index contributed by atoms with van der Waals surface area (Å²) in [6, 6.07) is 5.70. The van der Waals surface area contributed by atoms with Gasteiger partial charge in [-0.1, -0.05) is 26.8 Å². The zero-order valence-electron chi connectivity index (χ0n) is 12.4. The standard InChI is InChI=1S/C15H25NO2S/c1-15(2,3)13-9-12(7-5-6-8-16)10-14(11-13)19(4,17)18/h9-11H,5-8,16H2,1-4H3. The van der Waals surface area contributed by atoms with Crippen LogP contribution in [0.5, 0.6) is 0 Å². The van der Waals surface area contributed by atoms with Crippen molar-refractivity contribution in [1.29, 1.82) is 0 Å². The van der Waals surface area contributed by atoms with E-state index in [1.807, 2.05) is 0 Å². The molecule has 108 valence electrons. The van der Waals surface area contributed by atoms with Crippen LogP contribution in [0.2, 0.25) is 0 Å². The number of benzene rings is 1. The Kier molecular flexibility index (Phi) is 5.16. The van der Waals surface area contributed by atoms with Gasteiger partial charge in [-0.2, -0.15) is 0 Å². The highest BCUT2D eigenvalue weighted by Crippen LogP contribution is 2.27. The molecule has 3 nitrogen and oxygen atoms in total. The molecule has 0 aliphatic rings. The van der Waals surface area contributed by atoms with Crippen LogP contribution in [0.3, 0.4) is 0 Å². The van der Waals surface area contributed by atoms with Crippen LogP contribution in [0.25, 0.3) is 0 Å². The highest BCUT2D eigenvalue weighted by Gasteiger charge is 2.18. The first kappa shape index (κ1) is 16.2. The van der Waals surface area contributed by atoms with Crippen LogP contribution < -0.4 is 5.73 Å². The maximum atomic E-state index is 11.8. The van der Waals surface area contributed by atoms with E-state index in [-0.39, 0.29) is 5.41 Å². The molecule has 0 amide bonds. The van der Waals surface area contributed by atoms with E-state index in [0.29, 0.717) is 11.4 Å². The minimum atomic E-state index is -3.16. The minimum Gasteiger partial charge on any atom is -0.330 e. The fourth-order valence-corrected chi connectivity index (χ4v) is 2.63. The predicted molar refractivity (Wildman–Crippen MR) is 80.2 cm³/mol. The quantitative estimate of drug-likeness (QED) is 0.845. The minimum absolute atomic E-state index is 0.0523. The maximum Gasteiger partial charge on any atom is 0.175 e. The van der Waals surface area contributed by atoms with Crippen LogP contribution >= 0.6 is 0 Å². The molecule has 0 spiro atoms. The molecular formula is C15H25NO2S. The van der Waals surface area contributed by atoms with Crippen molar-refractivity contribution in [3.63, 3.8) is 0 Å². The van der Waals surface area contributed by atoms with E-state index in [4.69, 9.17) is 5.73 Å². The van der Waals surface area contributed by atoms with E-state index in [2.05, 4.69) is 26.8 Å². The average Bonchev–Trinajstić information content (AvgIpc) is 2.27. The molecule has 0 atom stereocenters. The van der Waals surface area contributed by atoms with Crippen molar-refractivity contribution in [2.45, 2.75) is 50.3 Å². The molecule has 0 heterocycles. The summed E-state index contributed by atoms with van der Waals surface area (Å²) in [6.45, 7) is 6.96. The second-order valence-corrected chi connectivity index (χ2v) is 8.15. The SMILES string of the molecule is CC(C)(C)c1cc(CCCCN)cc(S(C)(=O)=O)c1. The van der Waals surface area contributed by atoms with Gasteiger partial charge in [0.2, 0.25) is 0 Å². The van der Waals surface area contributed by atoms with Crippen molar-refractivity contribution in [3.05, 3.63) is 29.3 Å². The molecule has 1 aromatic carbocycles. The molecule has 0 unspecified atom stereocenters. The van der Waals surface area contributed by atoms with E-state index < -0.39 is 9.84 Å². The Morgan fingerprint density at radius 2 is 1.74 bits per heavy atom. The van der Waals surface area contributed by atoms with Gasteiger partial charge in [0.25, 0.3) is 0 Å². The van der Waals surface area contributed by atoms with E-state index in [1.165, 1.54) is 6.26 Å². The summed E-state index contributed by atoms with van der Waals surface area (Å²) in [5, 5.41) is 0. The second kappa shape index (κ2) is 6.06. The molecular weight excluding hydrogens is 258 g/mol. The van der Waals surface area contributed by atoms with Crippen molar-refractivity contribution >= 4 is 9.84 Å². The van der Waals surface area contributed by atoms with Gasteiger partial charge in [0, 0.05) is 6.26 Å². The molecule has 0 bridgehead atoms. The summed E-state index contributed by atoms with van der Waals surface area (Å²) < 4.78 is 23.5. The number of unbranched alkanes of at least 4 members (excludes halogenated alkanes) is 1. The van der Waals surface area contributed by atoms with Crippen LogP contribution in [0.15, 0.2) is 23.1 Å². The lowest BCUT2D eigenvalue weighted by Crippen LogP contribution is -2.13. The fraction of sp³-hybridized carbons (Fsp3) is 0.600. The number of aryl methyl sites for hydroxylation is 1. The molecule has 2 N–H and O–H groups in total. The van der Waals surface area contributed by atoms with Crippen LogP contribution in [-0.4, -0.2) is 21.2 Å². The molecule has 0 saturated carbocycles. The van der Waals surface area contributed by atoms with E-state index in [1.54, 1.807) is 12.1 Å². The van der Waals surface area contributed by atoms with Gasteiger partial charge in [-0.3, -0.25) is 0 Å². The molecule has 0 aliphatic carbocycles. The lowest BCUT2D eigenvalue weighted by molar-refractivity contribution is 0.583. The summed E-state index contributed by atoms with van der Waals surface area (Å²) in [5.41, 5.74) is 7.60. The largest absolute Gasteiger partial charge is 0.330 e. The molecule has 0 fully saturated rings. The second-order valence-electron chi connectivity index (χ2n) is 6.13. The Balaban J connectivity index is 3.18. The Morgan fingerprint density at radius 3 is 2.21 bits per heavy atom. The third kappa shape index (κ3) is 4.96. The predicted octanol–water partition coefficient (Wildman–Crippen LogP) is 2.67. The van der Waals surface area contributed by atoms with Crippen molar-refractivity contribution in [2.24, 2.45) is 5.73 Å². The van der Waals surface area contributed by atoms with Gasteiger partial charge in [-0.05, 0) is 54.5 Å². The molecule has 1 aromatic rings. The molecule has 0 aliphatic heterocycles. The zero-order valence-corrected chi connectivity index (χ0v) is 13.2. The van der Waals surface area contributed by atoms with Crippen molar-refractivity contribution in [2.75, 3.05) is 12.8 Å². The number of hydrogen-bond donors (Lipinski definition) is 1. The maximum absolute atomic E-state index is 11.8. The number of sulfone groups is 1. The molecule has 0 saturated heterocycles. The zero-order chi connectivity index (χ0) is 14.7. The highest BCUT2D eigenvalue weighted by molar-refractivity contribution is 7.90. The Labute approximate surface area is 117 Å². The smallest absolute Gasteiger partial charge is 0.175 e. The van der Waals surface area contributed by atoms with Crippen LogP contribution in [0.1, 0.15) is 44.7 Å². The summed E-state index contributed by atoms with van der Waals surface area (Å²) in [7, 11) is -3.16. The Morgan fingerprint density at radius 1 is 1.11 bits per heavy atom. The van der Waals surface area contributed by atoms with E-state index >= 15 is 0 Å². The first-order valence-electron chi connectivity index (χ1n) is 6.69. The Bertz CT molecular complexity index is 528. The first-order chi connectivity index (χ1) is 8.64. The van der Waals surface area contributed by atoms with Crippen molar-refractivity contribution in [1.82, 2.24) is 0 Å². The van der Waals surface area contributed by atoms with Gasteiger partial charge in [-0.25, -0.2) is 8.42 Å². The summed E-state index contributed by atoms with van der Waals surface area (Å²) in [5.74, 6) is 0. The van der Waals surface area contributed by atoms with Gasteiger partial charge in [0.15, 0.2) is 9.84 Å². The lowest BCUT2D eigenvalue weighted by atomic mass is 9.86.